The third-order valence-corrected chi connectivity index (χ3v) is 6.19. The Kier molecular flexibility index (Phi) is 16.9. The van der Waals surface area contributed by atoms with Crippen LogP contribution in [0.2, 0.25) is 0 Å². The highest BCUT2D eigenvalue weighted by Crippen LogP contribution is 2.36. The van der Waals surface area contributed by atoms with E-state index < -0.39 is 22.8 Å². The van der Waals surface area contributed by atoms with E-state index in [2.05, 4.69) is 5.32 Å². The number of esters is 1. The minimum Gasteiger partial charge on any atom is -0.487 e. The Morgan fingerprint density at radius 1 is 1.05 bits per heavy atom. The number of nitrogens with one attached hydrogen (secondary N) is 1. The summed E-state index contributed by atoms with van der Waals surface area (Å²) in [6.07, 6.45) is -0.0869. The van der Waals surface area contributed by atoms with Gasteiger partial charge >= 0.3 is 5.97 Å². The van der Waals surface area contributed by atoms with Crippen molar-refractivity contribution >= 4 is 29.3 Å². The van der Waals surface area contributed by atoms with Gasteiger partial charge in [-0.3, -0.25) is 14.9 Å². The van der Waals surface area contributed by atoms with Crippen molar-refractivity contribution in [2.24, 2.45) is 0 Å². The van der Waals surface area contributed by atoms with Crippen molar-refractivity contribution in [3.8, 4) is 11.5 Å². The summed E-state index contributed by atoms with van der Waals surface area (Å²) < 4.78 is 37.4. The molecular formula is C24H36N2O13S. The number of nitro groups is 1. The Labute approximate surface area is 236 Å². The molecule has 40 heavy (non-hydrogen) atoms. The predicted molar refractivity (Wildman–Crippen MR) is 140 cm³/mol. The maximum Gasteiger partial charge on any atom is 0.329 e. The van der Waals surface area contributed by atoms with Crippen molar-refractivity contribution < 1.29 is 57.4 Å². The largest absolute Gasteiger partial charge is 0.487 e. The first kappa shape index (κ1) is 33.5. The lowest BCUT2D eigenvalue weighted by molar-refractivity contribution is -0.385. The number of hydrogen-bond donors (Lipinski definition) is 1. The Morgan fingerprint density at radius 2 is 1.77 bits per heavy atom. The van der Waals surface area contributed by atoms with E-state index in [4.69, 9.17) is 42.9 Å². The molecule has 15 nitrogen and oxygen atoms in total. The van der Waals surface area contributed by atoms with Crippen LogP contribution in [0, 0.1) is 10.1 Å². The number of nitrogens with zero attached hydrogens (tertiary/aromatic N) is 1. The molecule has 0 fully saturated rings. The summed E-state index contributed by atoms with van der Waals surface area (Å²) in [5.41, 5.74) is 0.163. The van der Waals surface area contributed by atoms with E-state index in [0.29, 0.717) is 37.7 Å². The second kappa shape index (κ2) is 20.2. The molecule has 0 saturated heterocycles. The van der Waals surface area contributed by atoms with Gasteiger partial charge < -0.3 is 38.5 Å². The van der Waals surface area contributed by atoms with Crippen LogP contribution in [0.4, 0.5) is 5.69 Å². The van der Waals surface area contributed by atoms with Gasteiger partial charge in [0, 0.05) is 24.2 Å². The topological polar surface area (TPSA) is 172 Å². The molecule has 2 aliphatic heterocycles. The van der Waals surface area contributed by atoms with Gasteiger partial charge in [0.05, 0.1) is 70.8 Å². The van der Waals surface area contributed by atoms with Crippen LogP contribution in [0.1, 0.15) is 12.0 Å². The van der Waals surface area contributed by atoms with Gasteiger partial charge in [0.25, 0.3) is 5.69 Å². The summed E-state index contributed by atoms with van der Waals surface area (Å²) in [5.74, 6) is -0.410. The number of ether oxygens (including phenoxy) is 7. The first-order valence-corrected chi connectivity index (χ1v) is 13.6. The SMILES string of the molecule is COCCOc1cc2c([N+](=O)[O-])cc1OCCOCCOCCOCOOCCC(=O)NC(C(=O)OC)CSC2. The van der Waals surface area contributed by atoms with Crippen LogP contribution < -0.4 is 14.8 Å². The van der Waals surface area contributed by atoms with Crippen LogP contribution in [-0.2, 0) is 48.8 Å². The summed E-state index contributed by atoms with van der Waals surface area (Å²) >= 11 is 1.20. The number of nitro benzene ring substituents is 1. The molecule has 0 saturated carbocycles. The Morgan fingerprint density at radius 3 is 2.48 bits per heavy atom. The van der Waals surface area contributed by atoms with Gasteiger partial charge in [-0.2, -0.15) is 11.8 Å². The van der Waals surface area contributed by atoms with E-state index in [1.807, 2.05) is 0 Å². The lowest BCUT2D eigenvalue weighted by Crippen LogP contribution is -2.43. The molecule has 1 amide bonds. The summed E-state index contributed by atoms with van der Waals surface area (Å²) in [5, 5.41) is 14.4. The third kappa shape index (κ3) is 13.1. The van der Waals surface area contributed by atoms with Crippen LogP contribution in [0.3, 0.4) is 0 Å². The smallest absolute Gasteiger partial charge is 0.329 e. The van der Waals surface area contributed by atoms with Gasteiger partial charge in [-0.15, -0.1) is 0 Å². The Balaban J connectivity index is 2.18. The molecule has 1 aromatic carbocycles. The zero-order chi connectivity index (χ0) is 29.0. The molecule has 3 rings (SSSR count). The van der Waals surface area contributed by atoms with Gasteiger partial charge in [0.15, 0.2) is 18.3 Å². The highest BCUT2D eigenvalue weighted by Gasteiger charge is 2.24. The number of benzene rings is 1. The maximum absolute atomic E-state index is 12.3. The van der Waals surface area contributed by atoms with E-state index in [1.165, 1.54) is 38.1 Å². The quantitative estimate of drug-likeness (QED) is 0.125. The minimum atomic E-state index is -0.986. The van der Waals surface area contributed by atoms with E-state index >= 15 is 0 Å². The van der Waals surface area contributed by atoms with E-state index in [1.54, 1.807) is 0 Å². The molecule has 0 spiro atoms. The zero-order valence-corrected chi connectivity index (χ0v) is 23.4. The predicted octanol–water partition coefficient (Wildman–Crippen LogP) is 1.25. The van der Waals surface area contributed by atoms with Crippen molar-refractivity contribution in [2.75, 3.05) is 86.2 Å². The van der Waals surface area contributed by atoms with Gasteiger partial charge in [0.2, 0.25) is 5.91 Å². The number of rotatable bonds is 6. The molecule has 0 aliphatic carbocycles. The fourth-order valence-electron chi connectivity index (χ4n) is 3.17. The molecule has 0 radical (unpaired) electrons. The summed E-state index contributed by atoms with van der Waals surface area (Å²) in [4.78, 5) is 45.6. The molecule has 1 aromatic rings. The molecule has 1 unspecified atom stereocenters. The number of fused-ring (bicyclic) bond motifs is 22. The highest BCUT2D eigenvalue weighted by molar-refractivity contribution is 7.98. The zero-order valence-electron chi connectivity index (χ0n) is 22.6. The molecule has 0 aromatic heterocycles. The minimum absolute atomic E-state index is 0.0729. The van der Waals surface area contributed by atoms with Gasteiger partial charge in [-0.05, 0) is 6.07 Å². The molecule has 1 atom stereocenters. The monoisotopic (exact) mass is 592 g/mol. The average Bonchev–Trinajstić information content (AvgIpc) is 2.94. The van der Waals surface area contributed by atoms with Crippen molar-refractivity contribution in [3.63, 3.8) is 0 Å². The van der Waals surface area contributed by atoms with Crippen LogP contribution in [0.25, 0.3) is 0 Å². The fourth-order valence-corrected chi connectivity index (χ4v) is 4.20. The van der Waals surface area contributed by atoms with E-state index in [-0.39, 0.29) is 69.2 Å². The number of hydrogen-bond acceptors (Lipinski definition) is 14. The van der Waals surface area contributed by atoms with Crippen LogP contribution in [0.5, 0.6) is 11.5 Å². The second-order valence-corrected chi connectivity index (χ2v) is 9.00. The van der Waals surface area contributed by atoms with Crippen molar-refractivity contribution in [1.82, 2.24) is 5.32 Å². The van der Waals surface area contributed by atoms with E-state index in [9.17, 15) is 19.7 Å². The van der Waals surface area contributed by atoms with Crippen LogP contribution in [0.15, 0.2) is 12.1 Å². The summed E-state index contributed by atoms with van der Waals surface area (Å²) in [6.45, 7) is 1.80. The lowest BCUT2D eigenvalue weighted by Gasteiger charge is -2.17. The average molecular weight is 593 g/mol. The van der Waals surface area contributed by atoms with E-state index in [0.717, 1.165) is 0 Å². The molecule has 2 heterocycles. The van der Waals surface area contributed by atoms with Crippen LogP contribution >= 0.6 is 11.8 Å². The number of carbonyl (C=O) groups is 2. The Hall–Kier alpha value is -2.73. The van der Waals surface area contributed by atoms with Crippen molar-refractivity contribution in [1.29, 1.82) is 0 Å². The third-order valence-electron chi connectivity index (χ3n) is 5.11. The molecular weight excluding hydrogens is 556 g/mol. The van der Waals surface area contributed by atoms with Gasteiger partial charge in [-0.25, -0.2) is 14.6 Å². The Bertz CT molecular complexity index is 921. The van der Waals surface area contributed by atoms with Crippen molar-refractivity contribution in [2.45, 2.75) is 18.2 Å². The maximum atomic E-state index is 12.3. The number of methoxy groups -OCH3 is 2. The first-order chi connectivity index (χ1) is 19.5. The normalized spacial score (nSPS) is 19.4. The molecule has 2 bridgehead atoms. The standard InChI is InChI=1S/C24H36N2O13S/c1-31-5-11-36-21-13-18-15-40-16-19(24(28)32-2)25-23(27)3-4-38-39-17-35-9-8-33-6-7-34-10-12-37-22(21)14-20(18)26(29)30/h13-14,19H,3-12,15-17H2,1-2H3,(H,25,27). The van der Waals surface area contributed by atoms with Crippen molar-refractivity contribution in [3.05, 3.63) is 27.8 Å². The first-order valence-electron chi connectivity index (χ1n) is 12.4. The summed E-state index contributed by atoms with van der Waals surface area (Å²) in [6, 6.07) is 1.84. The molecule has 2 aliphatic rings. The number of thioether (sulfide) groups is 1. The second-order valence-electron chi connectivity index (χ2n) is 7.97. The van der Waals surface area contributed by atoms with Crippen LogP contribution in [-0.4, -0.2) is 109 Å². The molecule has 1 N–H and O–H groups in total. The number of carbonyl (C=O) groups excluding carboxylic acids is 2. The lowest BCUT2D eigenvalue weighted by atomic mass is 10.2. The number of amides is 1. The fraction of sp³-hybridized carbons (Fsp3) is 0.667. The van der Waals surface area contributed by atoms with Gasteiger partial charge in [-0.1, -0.05) is 0 Å². The highest BCUT2D eigenvalue weighted by atomic mass is 32.2. The summed E-state index contributed by atoms with van der Waals surface area (Å²) in [7, 11) is 2.73. The molecule has 16 heteroatoms. The van der Waals surface area contributed by atoms with Gasteiger partial charge in [0.1, 0.15) is 19.3 Å². The molecule has 226 valence electrons.